The molecule has 15 heavy (non-hydrogen) atoms. The molecule has 0 aliphatic carbocycles. The number of nitrogens with two attached hydrogens (primary N) is 1. The molecule has 0 saturated heterocycles. The zero-order valence-electron chi connectivity index (χ0n) is 8.44. The van der Waals surface area contributed by atoms with Gasteiger partial charge in [-0.2, -0.15) is 15.0 Å². The first-order valence-corrected chi connectivity index (χ1v) is 5.04. The van der Waals surface area contributed by atoms with E-state index in [4.69, 9.17) is 22.4 Å². The van der Waals surface area contributed by atoms with E-state index in [-0.39, 0.29) is 23.9 Å². The highest BCUT2D eigenvalue weighted by molar-refractivity contribution is 6.28. The SMILES string of the molecule is CC(CCCO)Nc1nc(N)nc(Cl)n1. The zero-order valence-corrected chi connectivity index (χ0v) is 9.20. The topological polar surface area (TPSA) is 97.0 Å². The summed E-state index contributed by atoms with van der Waals surface area (Å²) in [4.78, 5) is 11.4. The van der Waals surface area contributed by atoms with Gasteiger partial charge in [-0.1, -0.05) is 0 Å². The smallest absolute Gasteiger partial charge is 0.229 e. The summed E-state index contributed by atoms with van der Waals surface area (Å²) >= 11 is 5.62. The van der Waals surface area contributed by atoms with Gasteiger partial charge < -0.3 is 16.2 Å². The Morgan fingerprint density at radius 3 is 2.80 bits per heavy atom. The van der Waals surface area contributed by atoms with E-state index >= 15 is 0 Å². The average Bonchev–Trinajstić information content (AvgIpc) is 2.13. The van der Waals surface area contributed by atoms with Crippen LogP contribution in [0.3, 0.4) is 0 Å². The first-order valence-electron chi connectivity index (χ1n) is 4.66. The predicted molar refractivity (Wildman–Crippen MR) is 58.7 cm³/mol. The van der Waals surface area contributed by atoms with Crippen molar-refractivity contribution in [1.82, 2.24) is 15.0 Å². The van der Waals surface area contributed by atoms with E-state index in [2.05, 4.69) is 20.3 Å². The van der Waals surface area contributed by atoms with Gasteiger partial charge in [-0.3, -0.25) is 0 Å². The Balaban J connectivity index is 2.56. The van der Waals surface area contributed by atoms with Gasteiger partial charge in [0.1, 0.15) is 0 Å². The van der Waals surface area contributed by atoms with Crippen molar-refractivity contribution in [2.75, 3.05) is 17.7 Å². The number of nitrogens with zero attached hydrogens (tertiary/aromatic N) is 3. The van der Waals surface area contributed by atoms with Gasteiger partial charge in [0.05, 0.1) is 0 Å². The van der Waals surface area contributed by atoms with Crippen LogP contribution >= 0.6 is 11.6 Å². The molecule has 1 aromatic rings. The van der Waals surface area contributed by atoms with Crippen molar-refractivity contribution in [3.63, 3.8) is 0 Å². The molecule has 6 nitrogen and oxygen atoms in total. The second-order valence-corrected chi connectivity index (χ2v) is 3.54. The summed E-state index contributed by atoms with van der Waals surface area (Å²) in [6, 6.07) is 0.148. The molecule has 1 aromatic heterocycles. The number of rotatable bonds is 5. The maximum Gasteiger partial charge on any atom is 0.229 e. The molecule has 1 atom stereocenters. The Kier molecular flexibility index (Phi) is 4.51. The maximum absolute atomic E-state index is 8.66. The van der Waals surface area contributed by atoms with E-state index in [0.717, 1.165) is 12.8 Å². The molecule has 0 fully saturated rings. The van der Waals surface area contributed by atoms with Crippen LogP contribution in [0.1, 0.15) is 19.8 Å². The van der Waals surface area contributed by atoms with E-state index in [0.29, 0.717) is 5.95 Å². The Labute approximate surface area is 92.9 Å². The third-order valence-corrected chi connectivity index (χ3v) is 1.97. The first kappa shape index (κ1) is 11.9. The Morgan fingerprint density at radius 2 is 2.20 bits per heavy atom. The zero-order chi connectivity index (χ0) is 11.3. The number of nitrogen functional groups attached to an aromatic ring is 1. The molecular weight excluding hydrogens is 218 g/mol. The molecule has 1 unspecified atom stereocenters. The third kappa shape index (κ3) is 4.26. The number of halogens is 1. The van der Waals surface area contributed by atoms with Crippen molar-refractivity contribution in [2.24, 2.45) is 0 Å². The molecule has 1 heterocycles. The summed E-state index contributed by atoms with van der Waals surface area (Å²) in [6.07, 6.45) is 1.54. The van der Waals surface area contributed by atoms with Crippen molar-refractivity contribution in [1.29, 1.82) is 0 Å². The highest BCUT2D eigenvalue weighted by atomic mass is 35.5. The number of aliphatic hydroxyl groups excluding tert-OH is 1. The Morgan fingerprint density at radius 1 is 1.47 bits per heavy atom. The summed E-state index contributed by atoms with van der Waals surface area (Å²) in [5, 5.41) is 11.7. The minimum atomic E-state index is 0.0689. The van der Waals surface area contributed by atoms with Crippen molar-refractivity contribution in [3.05, 3.63) is 5.28 Å². The second kappa shape index (κ2) is 5.67. The van der Waals surface area contributed by atoms with E-state index in [1.807, 2.05) is 6.92 Å². The van der Waals surface area contributed by atoms with Gasteiger partial charge in [-0.15, -0.1) is 0 Å². The average molecular weight is 232 g/mol. The summed E-state index contributed by atoms with van der Waals surface area (Å²) in [6.45, 7) is 2.13. The van der Waals surface area contributed by atoms with Crippen LogP contribution in [0, 0.1) is 0 Å². The number of anilines is 2. The number of hydrogen-bond acceptors (Lipinski definition) is 6. The number of aliphatic hydroxyl groups is 1. The Bertz CT molecular complexity index is 302. The molecule has 0 aromatic carbocycles. The fourth-order valence-corrected chi connectivity index (χ4v) is 1.29. The van der Waals surface area contributed by atoms with Crippen molar-refractivity contribution in [2.45, 2.75) is 25.8 Å². The van der Waals surface area contributed by atoms with E-state index in [1.54, 1.807) is 0 Å². The molecule has 84 valence electrons. The molecule has 0 amide bonds. The fraction of sp³-hybridized carbons (Fsp3) is 0.625. The molecule has 0 bridgehead atoms. The monoisotopic (exact) mass is 231 g/mol. The van der Waals surface area contributed by atoms with Crippen LogP contribution in [0.25, 0.3) is 0 Å². The van der Waals surface area contributed by atoms with Gasteiger partial charge in [-0.05, 0) is 31.4 Å². The summed E-state index contributed by atoms with van der Waals surface area (Å²) < 4.78 is 0. The van der Waals surface area contributed by atoms with Gasteiger partial charge in [-0.25, -0.2) is 0 Å². The predicted octanol–water partition coefficient (Wildman–Crippen LogP) is 0.680. The largest absolute Gasteiger partial charge is 0.396 e. The summed E-state index contributed by atoms with van der Waals surface area (Å²) in [5.74, 6) is 0.449. The van der Waals surface area contributed by atoms with Crippen LogP contribution in [0.15, 0.2) is 0 Å². The lowest BCUT2D eigenvalue weighted by molar-refractivity contribution is 0.282. The molecule has 0 radical (unpaired) electrons. The van der Waals surface area contributed by atoms with E-state index in [1.165, 1.54) is 0 Å². The van der Waals surface area contributed by atoms with Gasteiger partial charge in [0.2, 0.25) is 17.2 Å². The molecule has 0 spiro atoms. The third-order valence-electron chi connectivity index (χ3n) is 1.80. The lowest BCUT2D eigenvalue weighted by atomic mass is 10.2. The normalized spacial score (nSPS) is 12.5. The van der Waals surface area contributed by atoms with Gasteiger partial charge in [0, 0.05) is 12.6 Å². The minimum absolute atomic E-state index is 0.0689. The van der Waals surface area contributed by atoms with Crippen molar-refractivity contribution in [3.8, 4) is 0 Å². The van der Waals surface area contributed by atoms with Crippen LogP contribution in [-0.2, 0) is 0 Å². The van der Waals surface area contributed by atoms with E-state index in [9.17, 15) is 0 Å². The van der Waals surface area contributed by atoms with Crippen LogP contribution < -0.4 is 11.1 Å². The molecule has 0 aliphatic rings. The summed E-state index contributed by atoms with van der Waals surface area (Å²) in [7, 11) is 0. The molecular formula is C8H14ClN5O. The van der Waals surface area contributed by atoms with Gasteiger partial charge in [0.15, 0.2) is 0 Å². The lowest BCUT2D eigenvalue weighted by Crippen LogP contribution is -2.18. The van der Waals surface area contributed by atoms with Crippen LogP contribution in [0.4, 0.5) is 11.9 Å². The van der Waals surface area contributed by atoms with Crippen LogP contribution in [-0.4, -0.2) is 32.7 Å². The highest BCUT2D eigenvalue weighted by Crippen LogP contribution is 2.09. The lowest BCUT2D eigenvalue weighted by Gasteiger charge is -2.12. The number of nitrogens with one attached hydrogen (secondary N) is 1. The Hall–Kier alpha value is -1.14. The minimum Gasteiger partial charge on any atom is -0.396 e. The fourth-order valence-electron chi connectivity index (χ4n) is 1.12. The van der Waals surface area contributed by atoms with Crippen molar-refractivity contribution < 1.29 is 5.11 Å². The molecule has 7 heteroatoms. The van der Waals surface area contributed by atoms with Gasteiger partial charge >= 0.3 is 0 Å². The molecule has 0 saturated carbocycles. The van der Waals surface area contributed by atoms with Gasteiger partial charge in [0.25, 0.3) is 0 Å². The molecule has 4 N–H and O–H groups in total. The summed E-state index contributed by atoms with van der Waals surface area (Å²) in [5.41, 5.74) is 5.41. The van der Waals surface area contributed by atoms with Crippen molar-refractivity contribution >= 4 is 23.5 Å². The number of aromatic nitrogens is 3. The van der Waals surface area contributed by atoms with E-state index < -0.39 is 0 Å². The molecule has 1 rings (SSSR count). The standard InChI is InChI=1S/C8H14ClN5O/c1-5(3-2-4-15)11-8-13-6(9)12-7(10)14-8/h5,15H,2-4H2,1H3,(H3,10,11,12,13,14). The quantitative estimate of drug-likeness (QED) is 0.690. The van der Waals surface area contributed by atoms with Crippen LogP contribution in [0.2, 0.25) is 5.28 Å². The maximum atomic E-state index is 8.66. The van der Waals surface area contributed by atoms with Crippen LogP contribution in [0.5, 0.6) is 0 Å². The highest BCUT2D eigenvalue weighted by Gasteiger charge is 2.06. The molecule has 0 aliphatic heterocycles. The first-order chi connectivity index (χ1) is 7.11. The number of hydrogen-bond donors (Lipinski definition) is 3. The second-order valence-electron chi connectivity index (χ2n) is 3.20.